The van der Waals surface area contributed by atoms with Crippen LogP contribution in [0, 0.1) is 17.2 Å². The van der Waals surface area contributed by atoms with E-state index in [-0.39, 0.29) is 5.92 Å². The van der Waals surface area contributed by atoms with Crippen LogP contribution in [0.4, 0.5) is 0 Å². The maximum Gasteiger partial charge on any atom is 0.0659 e. The van der Waals surface area contributed by atoms with Gasteiger partial charge < -0.3 is 0 Å². The second-order valence-electron chi connectivity index (χ2n) is 2.42. The number of nitrogens with zero attached hydrogens (tertiary/aromatic N) is 1. The molecule has 1 nitrogen and oxygen atoms in total. The molecule has 1 heteroatoms. The topological polar surface area (TPSA) is 23.8 Å². The van der Waals surface area contributed by atoms with Crippen LogP contribution < -0.4 is 0 Å². The summed E-state index contributed by atoms with van der Waals surface area (Å²) < 4.78 is 0. The van der Waals surface area contributed by atoms with Gasteiger partial charge in [-0.3, -0.25) is 0 Å². The minimum Gasteiger partial charge on any atom is -0.198 e. The summed E-state index contributed by atoms with van der Waals surface area (Å²) in [5.74, 6) is 0.237. The Labute approximate surface area is 63.4 Å². The highest BCUT2D eigenvalue weighted by molar-refractivity contribution is 4.90. The van der Waals surface area contributed by atoms with Crippen molar-refractivity contribution in [3.05, 3.63) is 12.2 Å². The van der Waals surface area contributed by atoms with Gasteiger partial charge in [-0.2, -0.15) is 5.26 Å². The molecule has 0 amide bonds. The Kier molecular flexibility index (Phi) is 5.86. The molecule has 56 valence electrons. The Bertz CT molecular complexity index is 130. The molecule has 0 aliphatic rings. The van der Waals surface area contributed by atoms with Crippen molar-refractivity contribution in [3.8, 4) is 6.07 Å². The van der Waals surface area contributed by atoms with Crippen LogP contribution in [0.25, 0.3) is 0 Å². The van der Waals surface area contributed by atoms with Crippen LogP contribution in [0.2, 0.25) is 0 Å². The van der Waals surface area contributed by atoms with Gasteiger partial charge in [-0.25, -0.2) is 0 Å². The van der Waals surface area contributed by atoms with Crippen LogP contribution in [0.15, 0.2) is 12.2 Å². The highest BCUT2D eigenvalue weighted by atomic mass is 14.3. The van der Waals surface area contributed by atoms with E-state index >= 15 is 0 Å². The van der Waals surface area contributed by atoms with Crippen LogP contribution >= 0.6 is 0 Å². The minimum atomic E-state index is 0.237. The fourth-order valence-electron chi connectivity index (χ4n) is 0.884. The van der Waals surface area contributed by atoms with Crippen molar-refractivity contribution in [2.24, 2.45) is 5.92 Å². The Morgan fingerprint density at radius 3 is 2.70 bits per heavy atom. The summed E-state index contributed by atoms with van der Waals surface area (Å²) in [4.78, 5) is 0. The van der Waals surface area contributed by atoms with Crippen molar-refractivity contribution >= 4 is 0 Å². The molecule has 1 atom stereocenters. The highest BCUT2D eigenvalue weighted by Gasteiger charge is 2.01. The Morgan fingerprint density at radius 2 is 2.30 bits per heavy atom. The van der Waals surface area contributed by atoms with Gasteiger partial charge in [0.2, 0.25) is 0 Å². The summed E-state index contributed by atoms with van der Waals surface area (Å²) in [5.41, 5.74) is 0. The van der Waals surface area contributed by atoms with Gasteiger partial charge in [0, 0.05) is 5.92 Å². The van der Waals surface area contributed by atoms with Gasteiger partial charge in [-0.15, -0.1) is 0 Å². The van der Waals surface area contributed by atoms with Gasteiger partial charge in [0.05, 0.1) is 6.07 Å². The predicted octanol–water partition coefficient (Wildman–Crippen LogP) is 2.89. The number of allylic oxidation sites excluding steroid dienone is 2. The van der Waals surface area contributed by atoms with E-state index in [1.807, 2.05) is 13.0 Å². The van der Waals surface area contributed by atoms with E-state index in [0.29, 0.717) is 0 Å². The molecule has 0 aromatic rings. The molecule has 1 unspecified atom stereocenters. The second kappa shape index (κ2) is 6.35. The van der Waals surface area contributed by atoms with Crippen molar-refractivity contribution in [1.29, 1.82) is 5.26 Å². The van der Waals surface area contributed by atoms with Crippen LogP contribution in [-0.4, -0.2) is 0 Å². The van der Waals surface area contributed by atoms with Gasteiger partial charge >= 0.3 is 0 Å². The third kappa shape index (κ3) is 4.14. The molecule has 10 heavy (non-hydrogen) atoms. The fraction of sp³-hybridized carbons (Fsp3) is 0.667. The van der Waals surface area contributed by atoms with E-state index in [2.05, 4.69) is 19.1 Å². The first-order valence-corrected chi connectivity index (χ1v) is 3.85. The number of nitriles is 1. The van der Waals surface area contributed by atoms with Gasteiger partial charge in [0.25, 0.3) is 0 Å². The third-order valence-corrected chi connectivity index (χ3v) is 1.48. The van der Waals surface area contributed by atoms with Gasteiger partial charge in [-0.1, -0.05) is 25.5 Å². The quantitative estimate of drug-likeness (QED) is 0.546. The molecule has 0 rings (SSSR count). The second-order valence-corrected chi connectivity index (χ2v) is 2.42. The summed E-state index contributed by atoms with van der Waals surface area (Å²) in [6.45, 7) is 4.10. The molecule has 0 aliphatic carbocycles. The molecule has 0 aliphatic heterocycles. The molecular weight excluding hydrogens is 122 g/mol. The minimum absolute atomic E-state index is 0.237. The Morgan fingerprint density at radius 1 is 1.60 bits per heavy atom. The first-order valence-electron chi connectivity index (χ1n) is 3.85. The predicted molar refractivity (Wildman–Crippen MR) is 43.4 cm³/mol. The maximum atomic E-state index is 8.60. The normalized spacial score (nSPS) is 13.3. The van der Waals surface area contributed by atoms with E-state index in [1.165, 1.54) is 0 Å². The smallest absolute Gasteiger partial charge is 0.0659 e. The lowest BCUT2D eigenvalue weighted by Gasteiger charge is -2.01. The lowest BCUT2D eigenvalue weighted by atomic mass is 10.0. The van der Waals surface area contributed by atoms with Crippen LogP contribution in [0.3, 0.4) is 0 Å². The summed E-state index contributed by atoms with van der Waals surface area (Å²) in [6.07, 6.45) is 7.11. The van der Waals surface area contributed by atoms with Crippen molar-refractivity contribution in [2.75, 3.05) is 0 Å². The van der Waals surface area contributed by atoms with E-state index in [4.69, 9.17) is 5.26 Å². The molecule has 0 radical (unpaired) electrons. The van der Waals surface area contributed by atoms with Gasteiger partial charge in [0.1, 0.15) is 0 Å². The number of rotatable bonds is 4. The van der Waals surface area contributed by atoms with Crippen molar-refractivity contribution in [2.45, 2.75) is 33.1 Å². The average molecular weight is 137 g/mol. The van der Waals surface area contributed by atoms with E-state index in [0.717, 1.165) is 19.3 Å². The molecular formula is C9H15N. The van der Waals surface area contributed by atoms with Crippen molar-refractivity contribution in [1.82, 2.24) is 0 Å². The first-order chi connectivity index (χ1) is 4.85. The average Bonchev–Trinajstić information content (AvgIpc) is 1.98. The fourth-order valence-corrected chi connectivity index (χ4v) is 0.884. The lowest BCUT2D eigenvalue weighted by Crippen LogP contribution is -1.93. The zero-order chi connectivity index (χ0) is 7.82. The molecule has 0 spiro atoms. The molecule has 0 saturated heterocycles. The Balaban J connectivity index is 3.52. The lowest BCUT2D eigenvalue weighted by molar-refractivity contribution is 0.600. The maximum absolute atomic E-state index is 8.60. The Hall–Kier alpha value is -0.770. The van der Waals surface area contributed by atoms with E-state index in [9.17, 15) is 0 Å². The molecule has 0 aromatic heterocycles. The zero-order valence-electron chi connectivity index (χ0n) is 6.80. The third-order valence-electron chi connectivity index (χ3n) is 1.48. The van der Waals surface area contributed by atoms with E-state index in [1.54, 1.807) is 0 Å². The van der Waals surface area contributed by atoms with Gasteiger partial charge in [0.15, 0.2) is 0 Å². The van der Waals surface area contributed by atoms with Crippen molar-refractivity contribution < 1.29 is 0 Å². The molecule has 0 fully saturated rings. The van der Waals surface area contributed by atoms with Crippen LogP contribution in [0.5, 0.6) is 0 Å². The highest BCUT2D eigenvalue weighted by Crippen LogP contribution is 2.09. The number of hydrogen-bond donors (Lipinski definition) is 0. The van der Waals surface area contributed by atoms with E-state index < -0.39 is 0 Å². The van der Waals surface area contributed by atoms with Gasteiger partial charge in [-0.05, 0) is 19.8 Å². The molecule has 0 N–H and O–H groups in total. The zero-order valence-corrected chi connectivity index (χ0v) is 6.80. The molecule has 0 aromatic carbocycles. The summed E-state index contributed by atoms with van der Waals surface area (Å²) in [7, 11) is 0. The van der Waals surface area contributed by atoms with Crippen LogP contribution in [0.1, 0.15) is 33.1 Å². The standard InChI is InChI=1S/C9H15N/c1-3-5-7-9(8-10)6-4-2/h3,5,9H,4,6-7H2,1-2H3. The monoisotopic (exact) mass is 137 g/mol. The largest absolute Gasteiger partial charge is 0.198 e. The SMILES string of the molecule is CC=CCC(C#N)CCC. The first kappa shape index (κ1) is 9.23. The van der Waals surface area contributed by atoms with Crippen molar-refractivity contribution in [3.63, 3.8) is 0 Å². The summed E-state index contributed by atoms with van der Waals surface area (Å²) in [5, 5.41) is 8.60. The molecule has 0 heterocycles. The summed E-state index contributed by atoms with van der Waals surface area (Å²) >= 11 is 0. The summed E-state index contributed by atoms with van der Waals surface area (Å²) in [6, 6.07) is 2.29. The molecule has 0 saturated carbocycles. The number of hydrogen-bond acceptors (Lipinski definition) is 1. The van der Waals surface area contributed by atoms with Crippen LogP contribution in [-0.2, 0) is 0 Å². The molecule has 0 bridgehead atoms.